The number of carbonyl (C=O) groups is 3. The first-order valence-electron chi connectivity index (χ1n) is 5.32. The number of aliphatic hydroxyl groups is 1. The molecule has 0 bridgehead atoms. The fourth-order valence-electron chi connectivity index (χ4n) is 1.36. The second-order valence-corrected chi connectivity index (χ2v) is 3.58. The molecule has 1 fully saturated rings. The highest BCUT2D eigenvalue weighted by Gasteiger charge is 2.32. The van der Waals surface area contributed by atoms with E-state index in [0.29, 0.717) is 24.3 Å². The molecule has 0 aromatic carbocycles. The number of amides is 2. The molecule has 2 amide bonds. The minimum absolute atomic E-state index is 0.0954. The van der Waals surface area contributed by atoms with Crippen LogP contribution in [0, 0.1) is 0 Å². The second-order valence-electron chi connectivity index (χ2n) is 3.58. The third-order valence-corrected chi connectivity index (χ3v) is 2.24. The number of rotatable bonds is 6. The van der Waals surface area contributed by atoms with Crippen molar-refractivity contribution in [2.75, 3.05) is 6.61 Å². The van der Waals surface area contributed by atoms with Crippen LogP contribution in [0.2, 0.25) is 0 Å². The summed E-state index contributed by atoms with van der Waals surface area (Å²) >= 11 is 0. The van der Waals surface area contributed by atoms with Crippen molar-refractivity contribution in [3.63, 3.8) is 0 Å². The van der Waals surface area contributed by atoms with E-state index >= 15 is 0 Å². The first-order valence-corrected chi connectivity index (χ1v) is 5.32. The van der Waals surface area contributed by atoms with E-state index in [1.54, 1.807) is 0 Å². The number of imide groups is 1. The van der Waals surface area contributed by atoms with E-state index < -0.39 is 17.8 Å². The number of hydrogen-bond acceptors (Lipinski definition) is 5. The predicted octanol–water partition coefficient (Wildman–Crippen LogP) is 0.146. The Morgan fingerprint density at radius 3 is 2.38 bits per heavy atom. The van der Waals surface area contributed by atoms with Crippen LogP contribution in [-0.4, -0.2) is 34.6 Å². The molecular formula is C10H15NO5. The normalized spacial score (nSPS) is 15.7. The van der Waals surface area contributed by atoms with Gasteiger partial charge in [0.05, 0.1) is 0 Å². The molecule has 6 heteroatoms. The first kappa shape index (κ1) is 12.6. The van der Waals surface area contributed by atoms with Gasteiger partial charge >= 0.3 is 5.97 Å². The lowest BCUT2D eigenvalue weighted by atomic mass is 10.2. The van der Waals surface area contributed by atoms with Gasteiger partial charge in [-0.15, -0.1) is 5.06 Å². The minimum Gasteiger partial charge on any atom is -0.396 e. The molecule has 90 valence electrons. The zero-order chi connectivity index (χ0) is 12.0. The molecule has 16 heavy (non-hydrogen) atoms. The fourth-order valence-corrected chi connectivity index (χ4v) is 1.36. The van der Waals surface area contributed by atoms with E-state index in [1.165, 1.54) is 0 Å². The molecule has 0 radical (unpaired) electrons. The van der Waals surface area contributed by atoms with Gasteiger partial charge in [-0.05, 0) is 12.8 Å². The highest BCUT2D eigenvalue weighted by molar-refractivity contribution is 6.01. The van der Waals surface area contributed by atoms with Gasteiger partial charge in [0.2, 0.25) is 0 Å². The number of hydrogen-bond donors (Lipinski definition) is 1. The quantitative estimate of drug-likeness (QED) is 0.517. The Balaban J connectivity index is 2.23. The summed E-state index contributed by atoms with van der Waals surface area (Å²) in [6, 6.07) is 0. The molecule has 1 aliphatic rings. The summed E-state index contributed by atoms with van der Waals surface area (Å²) in [4.78, 5) is 38.1. The Bertz CT molecular complexity index is 273. The summed E-state index contributed by atoms with van der Waals surface area (Å²) in [5.74, 6) is -1.51. The maximum atomic E-state index is 11.2. The smallest absolute Gasteiger partial charge is 0.333 e. The standard InChI is InChI=1S/C10H15NO5/c12-7-3-1-2-4-10(15)16-11-8(13)5-6-9(11)14/h12H,1-7H2. The Morgan fingerprint density at radius 1 is 1.19 bits per heavy atom. The monoisotopic (exact) mass is 229 g/mol. The Morgan fingerprint density at radius 2 is 1.81 bits per heavy atom. The molecule has 0 spiro atoms. The molecule has 0 aliphatic carbocycles. The van der Waals surface area contributed by atoms with Gasteiger partial charge in [-0.2, -0.15) is 0 Å². The topological polar surface area (TPSA) is 83.9 Å². The SMILES string of the molecule is O=C(CCCCCO)ON1C(=O)CCC1=O. The number of unbranched alkanes of at least 4 members (excludes halogenated alkanes) is 2. The van der Waals surface area contributed by atoms with E-state index in [-0.39, 0.29) is 25.9 Å². The van der Waals surface area contributed by atoms with Crippen molar-refractivity contribution in [2.45, 2.75) is 38.5 Å². The van der Waals surface area contributed by atoms with Gasteiger partial charge in [-0.1, -0.05) is 6.42 Å². The van der Waals surface area contributed by atoms with Crippen LogP contribution >= 0.6 is 0 Å². The Hall–Kier alpha value is -1.43. The molecule has 1 rings (SSSR count). The third-order valence-electron chi connectivity index (χ3n) is 2.24. The van der Waals surface area contributed by atoms with E-state index in [1.807, 2.05) is 0 Å². The summed E-state index contributed by atoms with van der Waals surface area (Å²) in [6.07, 6.45) is 2.29. The van der Waals surface area contributed by atoms with Crippen LogP contribution in [0.1, 0.15) is 38.5 Å². The van der Waals surface area contributed by atoms with Crippen LogP contribution in [0.3, 0.4) is 0 Å². The molecule has 0 aromatic rings. The van der Waals surface area contributed by atoms with Crippen LogP contribution in [0.15, 0.2) is 0 Å². The number of nitrogens with zero attached hydrogens (tertiary/aromatic N) is 1. The van der Waals surface area contributed by atoms with E-state index in [4.69, 9.17) is 5.11 Å². The van der Waals surface area contributed by atoms with Crippen LogP contribution in [0.4, 0.5) is 0 Å². The van der Waals surface area contributed by atoms with Crippen LogP contribution in [-0.2, 0) is 19.2 Å². The highest BCUT2D eigenvalue weighted by atomic mass is 16.7. The fraction of sp³-hybridized carbons (Fsp3) is 0.700. The predicted molar refractivity (Wildman–Crippen MR) is 52.7 cm³/mol. The second kappa shape index (κ2) is 6.22. The summed E-state index contributed by atoms with van der Waals surface area (Å²) < 4.78 is 0. The minimum atomic E-state index is -0.582. The summed E-state index contributed by atoms with van der Waals surface area (Å²) in [7, 11) is 0. The molecule has 0 aromatic heterocycles. The van der Waals surface area contributed by atoms with Crippen molar-refractivity contribution >= 4 is 17.8 Å². The molecule has 1 N–H and O–H groups in total. The van der Waals surface area contributed by atoms with Crippen LogP contribution in [0.25, 0.3) is 0 Å². The zero-order valence-electron chi connectivity index (χ0n) is 8.98. The van der Waals surface area contributed by atoms with Gasteiger partial charge < -0.3 is 9.94 Å². The van der Waals surface area contributed by atoms with Gasteiger partial charge in [0, 0.05) is 25.9 Å². The van der Waals surface area contributed by atoms with Crippen LogP contribution < -0.4 is 0 Å². The largest absolute Gasteiger partial charge is 0.396 e. The lowest BCUT2D eigenvalue weighted by Gasteiger charge is -2.12. The average molecular weight is 229 g/mol. The number of carbonyl (C=O) groups excluding carboxylic acids is 3. The molecular weight excluding hydrogens is 214 g/mol. The van der Waals surface area contributed by atoms with Gasteiger partial charge in [0.15, 0.2) is 0 Å². The Kier molecular flexibility index (Phi) is 4.91. The van der Waals surface area contributed by atoms with Crippen molar-refractivity contribution in [3.05, 3.63) is 0 Å². The zero-order valence-corrected chi connectivity index (χ0v) is 8.98. The number of aliphatic hydroxyl groups excluding tert-OH is 1. The first-order chi connectivity index (χ1) is 7.65. The van der Waals surface area contributed by atoms with E-state index in [9.17, 15) is 14.4 Å². The lowest BCUT2D eigenvalue weighted by molar-refractivity contribution is -0.197. The summed E-state index contributed by atoms with van der Waals surface area (Å²) in [5, 5.41) is 9.07. The van der Waals surface area contributed by atoms with Crippen molar-refractivity contribution < 1.29 is 24.3 Å². The highest BCUT2D eigenvalue weighted by Crippen LogP contribution is 2.13. The van der Waals surface area contributed by atoms with E-state index in [2.05, 4.69) is 4.84 Å². The molecule has 1 aliphatic heterocycles. The molecule has 0 atom stereocenters. The molecule has 1 saturated heterocycles. The lowest BCUT2D eigenvalue weighted by Crippen LogP contribution is -2.31. The molecule has 0 saturated carbocycles. The van der Waals surface area contributed by atoms with Crippen molar-refractivity contribution in [1.29, 1.82) is 0 Å². The number of hydroxylamine groups is 2. The molecule has 6 nitrogen and oxygen atoms in total. The maximum Gasteiger partial charge on any atom is 0.333 e. The average Bonchev–Trinajstić information content (AvgIpc) is 2.56. The Labute approximate surface area is 93.1 Å². The van der Waals surface area contributed by atoms with Gasteiger partial charge in [-0.3, -0.25) is 9.59 Å². The van der Waals surface area contributed by atoms with Gasteiger partial charge in [-0.25, -0.2) is 4.79 Å². The van der Waals surface area contributed by atoms with Crippen LogP contribution in [0.5, 0.6) is 0 Å². The van der Waals surface area contributed by atoms with Crippen molar-refractivity contribution in [1.82, 2.24) is 5.06 Å². The van der Waals surface area contributed by atoms with Crippen molar-refractivity contribution in [3.8, 4) is 0 Å². The van der Waals surface area contributed by atoms with Gasteiger partial charge in [0.1, 0.15) is 0 Å². The maximum absolute atomic E-state index is 11.2. The van der Waals surface area contributed by atoms with Crippen molar-refractivity contribution in [2.24, 2.45) is 0 Å². The molecule has 0 unspecified atom stereocenters. The van der Waals surface area contributed by atoms with Gasteiger partial charge in [0.25, 0.3) is 11.8 Å². The summed E-state index contributed by atoms with van der Waals surface area (Å²) in [6.45, 7) is 0.0954. The third kappa shape index (κ3) is 3.62. The summed E-state index contributed by atoms with van der Waals surface area (Å²) in [5.41, 5.74) is 0. The van der Waals surface area contributed by atoms with E-state index in [0.717, 1.165) is 0 Å². The molecule has 1 heterocycles.